The largest absolute Gasteiger partial charge is 0.357 e. The molecule has 1 aromatic carbocycles. The van der Waals surface area contributed by atoms with E-state index in [9.17, 15) is 4.39 Å². The van der Waals surface area contributed by atoms with Crippen LogP contribution in [-0.2, 0) is 6.54 Å². The third-order valence-corrected chi connectivity index (χ3v) is 4.90. The zero-order valence-corrected chi connectivity index (χ0v) is 16.0. The third-order valence-electron chi connectivity index (χ3n) is 3.80. The van der Waals surface area contributed by atoms with Gasteiger partial charge in [0.15, 0.2) is 17.4 Å². The van der Waals surface area contributed by atoms with E-state index in [1.807, 2.05) is 47.9 Å². The predicted molar refractivity (Wildman–Crippen MR) is 108 cm³/mol. The molecule has 6 nitrogen and oxygen atoms in total. The Hall–Kier alpha value is -2.61. The number of hydrogen-bond donors (Lipinski definition) is 2. The summed E-state index contributed by atoms with van der Waals surface area (Å²) in [7, 11) is 0. The summed E-state index contributed by atoms with van der Waals surface area (Å²) in [5, 5.41) is 14.9. The van der Waals surface area contributed by atoms with Crippen molar-refractivity contribution >= 4 is 23.4 Å². The Morgan fingerprint density at radius 3 is 2.81 bits per heavy atom. The number of nitrogens with zero attached hydrogens (tertiary/aromatic N) is 4. The standard InChI is InChI=1S/C19H23FN6S/c1-2-21-19(22-11-5-13-27-16-9-7-15(20)8-10-16)23-14-18-25-24-17-6-3-4-12-26(17)18/h3-4,6-10,12H,2,5,11,13-14H2,1H3,(H2,21,22,23). The molecule has 3 aromatic rings. The number of nitrogens with one attached hydrogen (secondary N) is 2. The van der Waals surface area contributed by atoms with Gasteiger partial charge in [-0.15, -0.1) is 22.0 Å². The summed E-state index contributed by atoms with van der Waals surface area (Å²) in [5.41, 5.74) is 0.818. The average Bonchev–Trinajstić information content (AvgIpc) is 3.10. The number of aliphatic imine (C=N–C) groups is 1. The van der Waals surface area contributed by atoms with Gasteiger partial charge in [-0.1, -0.05) is 6.07 Å². The Balaban J connectivity index is 1.46. The first kappa shape index (κ1) is 19.2. The van der Waals surface area contributed by atoms with Crippen molar-refractivity contribution in [1.29, 1.82) is 0 Å². The van der Waals surface area contributed by atoms with Crippen molar-refractivity contribution in [3.8, 4) is 0 Å². The van der Waals surface area contributed by atoms with E-state index in [1.165, 1.54) is 12.1 Å². The zero-order valence-electron chi connectivity index (χ0n) is 15.2. The van der Waals surface area contributed by atoms with Gasteiger partial charge in [-0.05, 0) is 55.5 Å². The van der Waals surface area contributed by atoms with Gasteiger partial charge in [0, 0.05) is 24.2 Å². The highest BCUT2D eigenvalue weighted by Gasteiger charge is 2.04. The van der Waals surface area contributed by atoms with Gasteiger partial charge in [0.1, 0.15) is 12.4 Å². The van der Waals surface area contributed by atoms with Gasteiger partial charge in [0.05, 0.1) is 0 Å². The number of thioether (sulfide) groups is 1. The van der Waals surface area contributed by atoms with Gasteiger partial charge in [0.2, 0.25) is 0 Å². The number of pyridine rings is 1. The first-order chi connectivity index (χ1) is 13.3. The van der Waals surface area contributed by atoms with Crippen molar-refractivity contribution in [2.45, 2.75) is 24.8 Å². The molecular formula is C19H23FN6S. The van der Waals surface area contributed by atoms with E-state index in [4.69, 9.17) is 0 Å². The molecule has 2 heterocycles. The molecule has 0 unspecified atom stereocenters. The van der Waals surface area contributed by atoms with Crippen molar-refractivity contribution in [1.82, 2.24) is 25.2 Å². The smallest absolute Gasteiger partial charge is 0.191 e. The van der Waals surface area contributed by atoms with E-state index < -0.39 is 0 Å². The molecule has 0 amide bonds. The molecule has 0 fully saturated rings. The molecule has 0 saturated carbocycles. The second-order valence-electron chi connectivity index (χ2n) is 5.82. The quantitative estimate of drug-likeness (QED) is 0.270. The molecule has 2 aromatic heterocycles. The fourth-order valence-electron chi connectivity index (χ4n) is 2.49. The molecule has 3 rings (SSSR count). The lowest BCUT2D eigenvalue weighted by Gasteiger charge is -2.11. The van der Waals surface area contributed by atoms with Crippen LogP contribution in [0.5, 0.6) is 0 Å². The van der Waals surface area contributed by atoms with Crippen LogP contribution in [-0.4, -0.2) is 39.4 Å². The molecule has 0 aliphatic heterocycles. The van der Waals surface area contributed by atoms with Crippen molar-refractivity contribution < 1.29 is 4.39 Å². The van der Waals surface area contributed by atoms with Crippen LogP contribution in [0.15, 0.2) is 58.5 Å². The summed E-state index contributed by atoms with van der Waals surface area (Å²) >= 11 is 1.72. The van der Waals surface area contributed by atoms with Gasteiger partial charge in [0.25, 0.3) is 0 Å². The van der Waals surface area contributed by atoms with Crippen LogP contribution >= 0.6 is 11.8 Å². The molecule has 0 saturated heterocycles. The van der Waals surface area contributed by atoms with Gasteiger partial charge < -0.3 is 10.6 Å². The average molecular weight is 387 g/mol. The minimum absolute atomic E-state index is 0.201. The maximum atomic E-state index is 12.9. The summed E-state index contributed by atoms with van der Waals surface area (Å²) in [6, 6.07) is 12.4. The molecule has 0 atom stereocenters. The molecule has 0 radical (unpaired) electrons. The summed E-state index contributed by atoms with van der Waals surface area (Å²) in [6.45, 7) is 4.08. The maximum Gasteiger partial charge on any atom is 0.191 e. The molecule has 0 bridgehead atoms. The number of aromatic nitrogens is 3. The van der Waals surface area contributed by atoms with Gasteiger partial charge >= 0.3 is 0 Å². The molecule has 0 aliphatic rings. The van der Waals surface area contributed by atoms with Crippen molar-refractivity contribution in [2.75, 3.05) is 18.8 Å². The van der Waals surface area contributed by atoms with Crippen LogP contribution in [0.25, 0.3) is 5.65 Å². The van der Waals surface area contributed by atoms with Gasteiger partial charge in [-0.25, -0.2) is 9.38 Å². The van der Waals surface area contributed by atoms with E-state index in [0.717, 1.165) is 47.6 Å². The zero-order chi connectivity index (χ0) is 18.9. The summed E-state index contributed by atoms with van der Waals surface area (Å²) in [4.78, 5) is 5.67. The summed E-state index contributed by atoms with van der Waals surface area (Å²) < 4.78 is 14.8. The molecule has 27 heavy (non-hydrogen) atoms. The third kappa shape index (κ3) is 5.68. The van der Waals surface area contributed by atoms with Gasteiger partial charge in [-0.2, -0.15) is 0 Å². The number of hydrogen-bond acceptors (Lipinski definition) is 4. The molecule has 142 valence electrons. The van der Waals surface area contributed by atoms with Gasteiger partial charge in [-0.3, -0.25) is 4.40 Å². The van der Waals surface area contributed by atoms with E-state index in [-0.39, 0.29) is 5.82 Å². The molecule has 2 N–H and O–H groups in total. The van der Waals surface area contributed by atoms with Crippen LogP contribution in [0, 0.1) is 5.82 Å². The van der Waals surface area contributed by atoms with Crippen LogP contribution < -0.4 is 10.6 Å². The van der Waals surface area contributed by atoms with E-state index >= 15 is 0 Å². The van der Waals surface area contributed by atoms with E-state index in [1.54, 1.807) is 11.8 Å². The van der Waals surface area contributed by atoms with Crippen molar-refractivity contribution in [3.63, 3.8) is 0 Å². The molecule has 0 aliphatic carbocycles. The lowest BCUT2D eigenvalue weighted by molar-refractivity contribution is 0.626. The van der Waals surface area contributed by atoms with Crippen LogP contribution in [0.1, 0.15) is 19.2 Å². The highest BCUT2D eigenvalue weighted by molar-refractivity contribution is 7.99. The first-order valence-corrected chi connectivity index (χ1v) is 9.94. The minimum atomic E-state index is -0.201. The minimum Gasteiger partial charge on any atom is -0.357 e. The Bertz CT molecular complexity index is 877. The number of halogens is 1. The predicted octanol–water partition coefficient (Wildman–Crippen LogP) is 3.11. The van der Waals surface area contributed by atoms with Crippen molar-refractivity contribution in [2.24, 2.45) is 4.99 Å². The molecule has 8 heteroatoms. The monoisotopic (exact) mass is 386 g/mol. The normalized spacial score (nSPS) is 11.7. The number of fused-ring (bicyclic) bond motifs is 1. The van der Waals surface area contributed by atoms with E-state index in [0.29, 0.717) is 6.54 Å². The van der Waals surface area contributed by atoms with E-state index in [2.05, 4.69) is 25.8 Å². The fourth-order valence-corrected chi connectivity index (χ4v) is 3.34. The Morgan fingerprint density at radius 2 is 2.00 bits per heavy atom. The first-order valence-electron chi connectivity index (χ1n) is 8.95. The maximum absolute atomic E-state index is 12.9. The Labute approximate surface area is 162 Å². The van der Waals surface area contributed by atoms with Crippen LogP contribution in [0.4, 0.5) is 4.39 Å². The summed E-state index contributed by atoms with van der Waals surface area (Å²) in [6.07, 6.45) is 2.91. The molecule has 0 spiro atoms. The van der Waals surface area contributed by atoms with Crippen molar-refractivity contribution in [3.05, 3.63) is 60.3 Å². The summed E-state index contributed by atoms with van der Waals surface area (Å²) in [5.74, 6) is 2.31. The topological polar surface area (TPSA) is 66.6 Å². The lowest BCUT2D eigenvalue weighted by atomic mass is 10.4. The van der Waals surface area contributed by atoms with Crippen LogP contribution in [0.3, 0.4) is 0 Å². The highest BCUT2D eigenvalue weighted by atomic mass is 32.2. The Kier molecular flexibility index (Phi) is 7.04. The lowest BCUT2D eigenvalue weighted by Crippen LogP contribution is -2.37. The highest BCUT2D eigenvalue weighted by Crippen LogP contribution is 2.18. The SMILES string of the molecule is CCNC(=NCc1nnc2ccccn12)NCCCSc1ccc(F)cc1. The van der Waals surface area contributed by atoms with Crippen LogP contribution in [0.2, 0.25) is 0 Å². The number of benzene rings is 1. The fraction of sp³-hybridized carbons (Fsp3) is 0.316. The second-order valence-corrected chi connectivity index (χ2v) is 6.99. The molecular weight excluding hydrogens is 363 g/mol. The Morgan fingerprint density at radius 1 is 1.15 bits per heavy atom. The number of guanidine groups is 1. The second kappa shape index (κ2) is 9.91. The number of rotatable bonds is 8.